The molecule has 1 aliphatic rings. The van der Waals surface area contributed by atoms with Gasteiger partial charge in [-0.15, -0.1) is 0 Å². The molecule has 1 atom stereocenters. The summed E-state index contributed by atoms with van der Waals surface area (Å²) < 4.78 is 2.03. The van der Waals surface area contributed by atoms with Gasteiger partial charge in [0.1, 0.15) is 0 Å². The zero-order valence-electron chi connectivity index (χ0n) is 15.7. The van der Waals surface area contributed by atoms with E-state index in [4.69, 9.17) is 5.10 Å². The first kappa shape index (κ1) is 17.5. The lowest BCUT2D eigenvalue weighted by Gasteiger charge is -2.16. The number of carbonyl (C=O) groups is 1. The molecule has 1 aromatic heterocycles. The number of hydrogen-bond acceptors (Lipinski definition) is 2. The first-order valence-corrected chi connectivity index (χ1v) is 9.70. The molecule has 138 valence electrons. The van der Waals surface area contributed by atoms with Gasteiger partial charge in [-0.1, -0.05) is 60.7 Å². The fourth-order valence-corrected chi connectivity index (χ4v) is 3.83. The first-order chi connectivity index (χ1) is 13.2. The summed E-state index contributed by atoms with van der Waals surface area (Å²) in [6, 6.07) is 20.3. The van der Waals surface area contributed by atoms with E-state index < -0.39 is 0 Å². The van der Waals surface area contributed by atoms with Crippen molar-refractivity contribution in [1.82, 2.24) is 15.1 Å². The number of nitrogens with zero attached hydrogens (tertiary/aromatic N) is 2. The molecule has 1 N–H and O–H groups in total. The third kappa shape index (κ3) is 3.80. The predicted octanol–water partition coefficient (Wildman–Crippen LogP) is 4.30. The second kappa shape index (κ2) is 7.78. The Balaban J connectivity index is 1.59. The van der Waals surface area contributed by atoms with Crippen molar-refractivity contribution in [2.24, 2.45) is 0 Å². The number of rotatable bonds is 5. The van der Waals surface area contributed by atoms with Gasteiger partial charge in [0.05, 0.1) is 12.6 Å². The van der Waals surface area contributed by atoms with E-state index in [0.717, 1.165) is 36.8 Å². The van der Waals surface area contributed by atoms with Crippen molar-refractivity contribution in [2.45, 2.75) is 45.2 Å². The maximum absolute atomic E-state index is 13.0. The molecule has 1 aliphatic carbocycles. The molecule has 2 aromatic carbocycles. The van der Waals surface area contributed by atoms with Crippen LogP contribution in [-0.2, 0) is 19.4 Å². The van der Waals surface area contributed by atoms with Gasteiger partial charge in [0.2, 0.25) is 0 Å². The van der Waals surface area contributed by atoms with Gasteiger partial charge in [0, 0.05) is 11.3 Å². The number of amides is 1. The summed E-state index contributed by atoms with van der Waals surface area (Å²) >= 11 is 0. The van der Waals surface area contributed by atoms with E-state index in [2.05, 4.69) is 17.4 Å². The van der Waals surface area contributed by atoms with E-state index in [-0.39, 0.29) is 11.9 Å². The Hall–Kier alpha value is -2.88. The number of benzene rings is 2. The number of hydrogen-bond donors (Lipinski definition) is 1. The van der Waals surface area contributed by atoms with Gasteiger partial charge in [-0.05, 0) is 43.7 Å². The summed E-state index contributed by atoms with van der Waals surface area (Å²) in [5.41, 5.74) is 5.27. The van der Waals surface area contributed by atoms with Crippen molar-refractivity contribution in [3.8, 4) is 0 Å². The lowest BCUT2D eigenvalue weighted by Crippen LogP contribution is -2.28. The molecule has 0 fully saturated rings. The summed E-state index contributed by atoms with van der Waals surface area (Å²) in [5.74, 6) is -0.0729. The SMILES string of the molecule is CC(NC(=O)c1nn(Cc2ccccc2)c2c1CCCC2)c1ccccc1. The fourth-order valence-electron chi connectivity index (χ4n) is 3.83. The normalized spacial score (nSPS) is 14.4. The molecule has 4 heteroatoms. The summed E-state index contributed by atoms with van der Waals surface area (Å²) in [6.45, 7) is 2.73. The Morgan fingerprint density at radius 2 is 1.70 bits per heavy atom. The quantitative estimate of drug-likeness (QED) is 0.738. The monoisotopic (exact) mass is 359 g/mol. The van der Waals surface area contributed by atoms with E-state index in [1.54, 1.807) is 0 Å². The molecule has 4 nitrogen and oxygen atoms in total. The average Bonchev–Trinajstić information content (AvgIpc) is 3.08. The molecule has 27 heavy (non-hydrogen) atoms. The molecule has 3 aromatic rings. The van der Waals surface area contributed by atoms with Crippen LogP contribution in [0, 0.1) is 0 Å². The highest BCUT2D eigenvalue weighted by atomic mass is 16.2. The minimum atomic E-state index is -0.0729. The van der Waals surface area contributed by atoms with Gasteiger partial charge in [0.25, 0.3) is 5.91 Å². The molecule has 1 heterocycles. The number of fused-ring (bicyclic) bond motifs is 1. The predicted molar refractivity (Wildman–Crippen MR) is 107 cm³/mol. The summed E-state index contributed by atoms with van der Waals surface area (Å²) in [7, 11) is 0. The van der Waals surface area contributed by atoms with Gasteiger partial charge in [-0.3, -0.25) is 9.48 Å². The van der Waals surface area contributed by atoms with Gasteiger partial charge in [-0.25, -0.2) is 0 Å². The Labute approximate surface area is 160 Å². The molecule has 1 unspecified atom stereocenters. The van der Waals surface area contributed by atoms with Gasteiger partial charge < -0.3 is 5.32 Å². The number of carbonyl (C=O) groups excluding carboxylic acids is 1. The van der Waals surface area contributed by atoms with E-state index >= 15 is 0 Å². The maximum atomic E-state index is 13.0. The van der Waals surface area contributed by atoms with Crippen molar-refractivity contribution in [2.75, 3.05) is 0 Å². The summed E-state index contributed by atoms with van der Waals surface area (Å²) in [4.78, 5) is 13.0. The molecule has 4 rings (SSSR count). The largest absolute Gasteiger partial charge is 0.344 e. The van der Waals surface area contributed by atoms with E-state index in [0.29, 0.717) is 12.2 Å². The minimum absolute atomic E-state index is 0.0442. The molecule has 0 saturated carbocycles. The van der Waals surface area contributed by atoms with Crippen LogP contribution in [0.3, 0.4) is 0 Å². The minimum Gasteiger partial charge on any atom is -0.344 e. The van der Waals surface area contributed by atoms with Crippen LogP contribution in [0.25, 0.3) is 0 Å². The van der Waals surface area contributed by atoms with Crippen LogP contribution in [0.4, 0.5) is 0 Å². The first-order valence-electron chi connectivity index (χ1n) is 9.70. The maximum Gasteiger partial charge on any atom is 0.272 e. The Bertz CT molecular complexity index is 916. The van der Waals surface area contributed by atoms with Gasteiger partial charge >= 0.3 is 0 Å². The van der Waals surface area contributed by atoms with Crippen LogP contribution in [0.5, 0.6) is 0 Å². The third-order valence-electron chi connectivity index (χ3n) is 5.29. The van der Waals surface area contributed by atoms with Crippen LogP contribution in [0.1, 0.15) is 58.7 Å². The Morgan fingerprint density at radius 3 is 2.44 bits per heavy atom. The highest BCUT2D eigenvalue weighted by Crippen LogP contribution is 2.26. The summed E-state index contributed by atoms with van der Waals surface area (Å²) in [5, 5.41) is 7.86. The number of nitrogens with one attached hydrogen (secondary N) is 1. The molecule has 0 saturated heterocycles. The number of aromatic nitrogens is 2. The van der Waals surface area contributed by atoms with Gasteiger partial charge in [0.15, 0.2) is 5.69 Å². The summed E-state index contributed by atoms with van der Waals surface area (Å²) in [6.07, 6.45) is 4.22. The van der Waals surface area contributed by atoms with E-state index in [1.165, 1.54) is 11.3 Å². The Kier molecular flexibility index (Phi) is 5.05. The molecule has 0 radical (unpaired) electrons. The van der Waals surface area contributed by atoms with Crippen LogP contribution in [0.2, 0.25) is 0 Å². The molecule has 0 aliphatic heterocycles. The van der Waals surface area contributed by atoms with Crippen molar-refractivity contribution >= 4 is 5.91 Å². The van der Waals surface area contributed by atoms with E-state index in [1.807, 2.05) is 60.1 Å². The van der Waals surface area contributed by atoms with Crippen LogP contribution >= 0.6 is 0 Å². The van der Waals surface area contributed by atoms with Crippen molar-refractivity contribution in [3.05, 3.63) is 88.7 Å². The lowest BCUT2D eigenvalue weighted by molar-refractivity contribution is 0.0933. The topological polar surface area (TPSA) is 46.9 Å². The highest BCUT2D eigenvalue weighted by molar-refractivity contribution is 5.94. The van der Waals surface area contributed by atoms with Crippen LogP contribution in [-0.4, -0.2) is 15.7 Å². The molecule has 1 amide bonds. The van der Waals surface area contributed by atoms with Crippen molar-refractivity contribution < 1.29 is 4.79 Å². The Morgan fingerprint density at radius 1 is 1.04 bits per heavy atom. The standard InChI is InChI=1S/C23H25N3O/c1-17(19-12-6-3-7-13-19)24-23(27)22-20-14-8-9-15-21(20)26(25-22)16-18-10-4-2-5-11-18/h2-7,10-13,17H,8-9,14-16H2,1H3,(H,24,27). The van der Waals surface area contributed by atoms with Gasteiger partial charge in [-0.2, -0.15) is 5.10 Å². The molecular formula is C23H25N3O. The smallest absolute Gasteiger partial charge is 0.272 e. The second-order valence-electron chi connectivity index (χ2n) is 7.23. The average molecular weight is 359 g/mol. The molecular weight excluding hydrogens is 334 g/mol. The molecule has 0 spiro atoms. The van der Waals surface area contributed by atoms with Crippen LogP contribution < -0.4 is 5.32 Å². The van der Waals surface area contributed by atoms with Crippen LogP contribution in [0.15, 0.2) is 60.7 Å². The highest BCUT2D eigenvalue weighted by Gasteiger charge is 2.25. The van der Waals surface area contributed by atoms with Crippen molar-refractivity contribution in [1.29, 1.82) is 0 Å². The zero-order chi connectivity index (χ0) is 18.6. The zero-order valence-corrected chi connectivity index (χ0v) is 15.7. The third-order valence-corrected chi connectivity index (χ3v) is 5.29. The second-order valence-corrected chi connectivity index (χ2v) is 7.23. The van der Waals surface area contributed by atoms with Crippen molar-refractivity contribution in [3.63, 3.8) is 0 Å². The fraction of sp³-hybridized carbons (Fsp3) is 0.304. The molecule has 0 bridgehead atoms. The lowest BCUT2D eigenvalue weighted by atomic mass is 9.95. The van der Waals surface area contributed by atoms with E-state index in [9.17, 15) is 4.79 Å².